The summed E-state index contributed by atoms with van der Waals surface area (Å²) in [5, 5.41) is 7.36. The van der Waals surface area contributed by atoms with Crippen molar-refractivity contribution in [2.45, 2.75) is 32.0 Å². The molecular formula is C11H13ClN4O2S. The Morgan fingerprint density at radius 3 is 2.47 bits per heavy atom. The molecule has 102 valence electrons. The maximum Gasteiger partial charge on any atom is 0.296 e. The molecule has 0 saturated heterocycles. The molecule has 0 aliphatic heterocycles. The lowest BCUT2D eigenvalue weighted by atomic mass is 10.2. The molecule has 8 heteroatoms. The number of nitrogens with zero attached hydrogens (tertiary/aromatic N) is 4. The van der Waals surface area contributed by atoms with Gasteiger partial charge in [0.05, 0.1) is 0 Å². The highest BCUT2D eigenvalue weighted by atomic mass is 35.7. The van der Waals surface area contributed by atoms with Crippen LogP contribution in [0, 0.1) is 6.92 Å². The van der Waals surface area contributed by atoms with E-state index in [1.165, 1.54) is 4.57 Å². The summed E-state index contributed by atoms with van der Waals surface area (Å²) in [6.07, 6.45) is 3.32. The molecule has 0 N–H and O–H groups in total. The third kappa shape index (κ3) is 2.76. The Kier molecular flexibility index (Phi) is 3.60. The minimum atomic E-state index is -3.93. The minimum absolute atomic E-state index is 0.144. The van der Waals surface area contributed by atoms with Gasteiger partial charge in [0, 0.05) is 34.7 Å². The summed E-state index contributed by atoms with van der Waals surface area (Å²) in [6, 6.07) is 1.72. The normalized spacial score (nSPS) is 12.1. The molecule has 0 radical (unpaired) electrons. The highest BCUT2D eigenvalue weighted by Gasteiger charge is 2.25. The fraction of sp³-hybridized carbons (Fsp3) is 0.364. The maximum atomic E-state index is 11.5. The van der Waals surface area contributed by atoms with Crippen molar-refractivity contribution in [2.75, 3.05) is 0 Å². The van der Waals surface area contributed by atoms with E-state index in [0.29, 0.717) is 11.4 Å². The van der Waals surface area contributed by atoms with Crippen molar-refractivity contribution < 1.29 is 8.42 Å². The first-order valence-corrected chi connectivity index (χ1v) is 7.93. The van der Waals surface area contributed by atoms with Gasteiger partial charge in [0.1, 0.15) is 0 Å². The maximum absolute atomic E-state index is 11.5. The highest BCUT2D eigenvalue weighted by molar-refractivity contribution is 8.13. The van der Waals surface area contributed by atoms with Crippen molar-refractivity contribution >= 4 is 19.7 Å². The summed E-state index contributed by atoms with van der Waals surface area (Å²) in [5.41, 5.74) is 1.65. The van der Waals surface area contributed by atoms with Gasteiger partial charge in [-0.25, -0.2) is 8.42 Å². The Morgan fingerprint density at radius 1 is 1.26 bits per heavy atom. The van der Waals surface area contributed by atoms with E-state index in [1.807, 2.05) is 26.8 Å². The van der Waals surface area contributed by atoms with E-state index in [-0.39, 0.29) is 11.2 Å². The Morgan fingerprint density at radius 2 is 1.95 bits per heavy atom. The van der Waals surface area contributed by atoms with Gasteiger partial charge in [-0.1, -0.05) is 0 Å². The van der Waals surface area contributed by atoms with E-state index in [4.69, 9.17) is 10.7 Å². The standard InChI is InChI=1S/C11H13ClN4O2S/c1-7(2)16-10(9-4-8(3)5-13-6-9)14-15-11(16)19(12,17)18/h4-7H,1-3H3. The lowest BCUT2D eigenvalue weighted by Gasteiger charge is -2.12. The number of aromatic nitrogens is 4. The summed E-state index contributed by atoms with van der Waals surface area (Å²) in [4.78, 5) is 4.07. The Hall–Kier alpha value is -1.47. The number of rotatable bonds is 3. The van der Waals surface area contributed by atoms with Gasteiger partial charge in [-0.15, -0.1) is 10.2 Å². The van der Waals surface area contributed by atoms with Crippen molar-refractivity contribution in [1.29, 1.82) is 0 Å². The van der Waals surface area contributed by atoms with Gasteiger partial charge in [0.15, 0.2) is 5.82 Å². The van der Waals surface area contributed by atoms with Gasteiger partial charge in [-0.3, -0.25) is 9.55 Å². The van der Waals surface area contributed by atoms with Crippen LogP contribution >= 0.6 is 10.7 Å². The molecule has 6 nitrogen and oxygen atoms in total. The van der Waals surface area contributed by atoms with Crippen LogP contribution < -0.4 is 0 Å². The fourth-order valence-corrected chi connectivity index (χ4v) is 2.77. The molecule has 2 aromatic rings. The van der Waals surface area contributed by atoms with E-state index in [2.05, 4.69) is 15.2 Å². The Balaban J connectivity index is 2.69. The van der Waals surface area contributed by atoms with Gasteiger partial charge in [-0.05, 0) is 32.4 Å². The van der Waals surface area contributed by atoms with Gasteiger partial charge in [0.25, 0.3) is 14.2 Å². The zero-order valence-corrected chi connectivity index (χ0v) is 12.3. The van der Waals surface area contributed by atoms with Crippen LogP contribution in [-0.2, 0) is 9.05 Å². The molecular weight excluding hydrogens is 288 g/mol. The largest absolute Gasteiger partial charge is 0.296 e. The zero-order valence-electron chi connectivity index (χ0n) is 10.7. The molecule has 2 heterocycles. The van der Waals surface area contributed by atoms with Crippen LogP contribution in [0.15, 0.2) is 23.6 Å². The Bertz CT molecular complexity index is 709. The van der Waals surface area contributed by atoms with Crippen LogP contribution in [0.5, 0.6) is 0 Å². The fourth-order valence-electron chi connectivity index (χ4n) is 1.78. The number of hydrogen-bond donors (Lipinski definition) is 0. The van der Waals surface area contributed by atoms with E-state index >= 15 is 0 Å². The summed E-state index contributed by atoms with van der Waals surface area (Å²) in [7, 11) is 1.44. The zero-order chi connectivity index (χ0) is 14.2. The SMILES string of the molecule is Cc1cncc(-c2nnc(S(=O)(=O)Cl)n2C(C)C)c1. The predicted molar refractivity (Wildman–Crippen MR) is 71.4 cm³/mol. The highest BCUT2D eigenvalue weighted by Crippen LogP contribution is 2.26. The van der Waals surface area contributed by atoms with Crippen LogP contribution in [0.4, 0.5) is 0 Å². The number of aryl methyl sites for hydroxylation is 1. The number of pyridine rings is 1. The van der Waals surface area contributed by atoms with E-state index < -0.39 is 9.05 Å². The average Bonchev–Trinajstić information content (AvgIpc) is 2.72. The molecule has 0 unspecified atom stereocenters. The van der Waals surface area contributed by atoms with Crippen LogP contribution in [0.1, 0.15) is 25.5 Å². The summed E-state index contributed by atoms with van der Waals surface area (Å²) < 4.78 is 24.5. The van der Waals surface area contributed by atoms with E-state index in [1.54, 1.807) is 12.4 Å². The topological polar surface area (TPSA) is 77.7 Å². The van der Waals surface area contributed by atoms with Gasteiger partial charge in [0.2, 0.25) is 0 Å². The predicted octanol–water partition coefficient (Wildman–Crippen LogP) is 2.16. The third-order valence-corrected chi connectivity index (χ3v) is 3.66. The van der Waals surface area contributed by atoms with Gasteiger partial charge >= 0.3 is 0 Å². The number of halogens is 1. The van der Waals surface area contributed by atoms with Crippen molar-refractivity contribution in [3.05, 3.63) is 24.0 Å². The first-order chi connectivity index (χ1) is 8.80. The third-order valence-electron chi connectivity index (χ3n) is 2.53. The molecule has 0 amide bonds. The molecule has 0 atom stereocenters. The molecule has 0 saturated carbocycles. The summed E-state index contributed by atoms with van der Waals surface area (Å²) in [6.45, 7) is 5.56. The van der Waals surface area contributed by atoms with Crippen LogP contribution in [0.25, 0.3) is 11.4 Å². The van der Waals surface area contributed by atoms with Crippen LogP contribution in [0.3, 0.4) is 0 Å². The Labute approximate surface area is 115 Å². The van der Waals surface area contributed by atoms with Crippen LogP contribution in [0.2, 0.25) is 0 Å². The summed E-state index contributed by atoms with van der Waals surface area (Å²) >= 11 is 0. The first kappa shape index (κ1) is 14.0. The second kappa shape index (κ2) is 4.90. The quantitative estimate of drug-likeness (QED) is 0.812. The molecule has 0 fully saturated rings. The summed E-state index contributed by atoms with van der Waals surface area (Å²) in [5.74, 6) is 0.436. The molecule has 19 heavy (non-hydrogen) atoms. The molecule has 2 aromatic heterocycles. The van der Waals surface area contributed by atoms with Crippen molar-refractivity contribution in [1.82, 2.24) is 19.7 Å². The van der Waals surface area contributed by atoms with Crippen molar-refractivity contribution in [2.24, 2.45) is 0 Å². The molecule has 0 aliphatic carbocycles. The smallest absolute Gasteiger partial charge is 0.294 e. The lowest BCUT2D eigenvalue weighted by Crippen LogP contribution is -2.10. The van der Waals surface area contributed by atoms with E-state index in [9.17, 15) is 8.42 Å². The first-order valence-electron chi connectivity index (χ1n) is 5.62. The molecule has 0 aromatic carbocycles. The van der Waals surface area contributed by atoms with Crippen LogP contribution in [-0.4, -0.2) is 28.2 Å². The second-order valence-corrected chi connectivity index (χ2v) is 6.92. The van der Waals surface area contributed by atoms with Gasteiger partial charge in [-0.2, -0.15) is 0 Å². The minimum Gasteiger partial charge on any atom is -0.294 e. The average molecular weight is 301 g/mol. The monoisotopic (exact) mass is 300 g/mol. The van der Waals surface area contributed by atoms with E-state index in [0.717, 1.165) is 5.56 Å². The molecule has 0 spiro atoms. The second-order valence-electron chi connectivity index (χ2n) is 4.46. The lowest BCUT2D eigenvalue weighted by molar-refractivity contribution is 0.530. The number of hydrogen-bond acceptors (Lipinski definition) is 5. The van der Waals surface area contributed by atoms with Crippen molar-refractivity contribution in [3.63, 3.8) is 0 Å². The van der Waals surface area contributed by atoms with Gasteiger partial charge < -0.3 is 0 Å². The molecule has 0 aliphatic rings. The molecule has 2 rings (SSSR count). The molecule has 0 bridgehead atoms. The van der Waals surface area contributed by atoms with Crippen molar-refractivity contribution in [3.8, 4) is 11.4 Å².